The van der Waals surface area contributed by atoms with E-state index < -0.39 is 0 Å². The van der Waals surface area contributed by atoms with Crippen LogP contribution in [0.25, 0.3) is 0 Å². The number of hydrazine groups is 1. The van der Waals surface area contributed by atoms with Crippen LogP contribution in [0.15, 0.2) is 42.5 Å². The van der Waals surface area contributed by atoms with Crippen LogP contribution in [0.5, 0.6) is 0 Å². The van der Waals surface area contributed by atoms with Crippen LogP contribution in [-0.2, 0) is 16.0 Å². The molecule has 13 nitrogen and oxygen atoms in total. The van der Waals surface area contributed by atoms with E-state index in [4.69, 9.17) is 15.2 Å². The number of nitrogens with zero attached hydrogens (tertiary/aromatic N) is 3. The molecule has 0 spiro atoms. The minimum Gasteiger partial charge on any atom is -0.378 e. The summed E-state index contributed by atoms with van der Waals surface area (Å²) in [5, 5.41) is 12.7. The van der Waals surface area contributed by atoms with Crippen molar-refractivity contribution < 1.29 is 14.3 Å². The molecule has 2 heterocycles. The highest BCUT2D eigenvalue weighted by atomic mass is 16.5. The Morgan fingerprint density at radius 1 is 0.857 bits per heavy atom. The Morgan fingerprint density at radius 2 is 1.57 bits per heavy atom. The van der Waals surface area contributed by atoms with Crippen molar-refractivity contribution >= 4 is 40.8 Å². The molecule has 13 heteroatoms. The van der Waals surface area contributed by atoms with E-state index in [-0.39, 0.29) is 5.91 Å². The van der Waals surface area contributed by atoms with Crippen molar-refractivity contribution in [3.05, 3.63) is 53.6 Å². The van der Waals surface area contributed by atoms with Crippen molar-refractivity contribution in [1.82, 2.24) is 25.7 Å². The van der Waals surface area contributed by atoms with Gasteiger partial charge in [0.15, 0.2) is 0 Å². The third-order valence-electron chi connectivity index (χ3n) is 6.38. The predicted octanol–water partition coefficient (Wildman–Crippen LogP) is 3.50. The Morgan fingerprint density at radius 3 is 2.33 bits per heavy atom. The first-order valence-electron chi connectivity index (χ1n) is 14.5. The Kier molecular flexibility index (Phi) is 12.5. The van der Waals surface area contributed by atoms with Crippen LogP contribution in [-0.4, -0.2) is 66.9 Å². The summed E-state index contributed by atoms with van der Waals surface area (Å²) in [7, 11) is 0. The lowest BCUT2D eigenvalue weighted by molar-refractivity contribution is 0.0547. The third-order valence-corrected chi connectivity index (χ3v) is 6.38. The van der Waals surface area contributed by atoms with Gasteiger partial charge in [0.25, 0.3) is 5.91 Å². The Balaban J connectivity index is 1.38. The van der Waals surface area contributed by atoms with Crippen LogP contribution in [0, 0.1) is 0 Å². The smallest absolute Gasteiger partial charge is 0.251 e. The fourth-order valence-corrected chi connectivity index (χ4v) is 4.20. The van der Waals surface area contributed by atoms with Crippen LogP contribution >= 0.6 is 0 Å². The maximum Gasteiger partial charge on any atom is 0.251 e. The van der Waals surface area contributed by atoms with Crippen LogP contribution < -0.4 is 37.9 Å². The lowest BCUT2D eigenvalue weighted by Crippen LogP contribution is -2.24. The Hall–Kier alpha value is -4.04. The molecule has 0 fully saturated rings. The van der Waals surface area contributed by atoms with Crippen LogP contribution in [0.4, 0.5) is 34.9 Å². The average molecular weight is 579 g/mol. The van der Waals surface area contributed by atoms with E-state index in [0.29, 0.717) is 69.5 Å². The van der Waals surface area contributed by atoms with Crippen molar-refractivity contribution in [2.75, 3.05) is 67.4 Å². The molecule has 0 atom stereocenters. The SMILES string of the molecule is CCCCCCNC(=O)c1ccc(Nc2nc(NCCOCCOCCN)nc(Nc3ccc4c(c3)CNN4)n2)cc1. The van der Waals surface area contributed by atoms with Crippen molar-refractivity contribution in [3.63, 3.8) is 0 Å². The molecule has 1 amide bonds. The summed E-state index contributed by atoms with van der Waals surface area (Å²) in [6, 6.07) is 13.2. The average Bonchev–Trinajstić information content (AvgIpc) is 3.47. The second-order valence-electron chi connectivity index (χ2n) is 9.74. The summed E-state index contributed by atoms with van der Waals surface area (Å²) < 4.78 is 10.9. The highest BCUT2D eigenvalue weighted by Gasteiger charge is 2.12. The molecule has 2 aromatic carbocycles. The van der Waals surface area contributed by atoms with Gasteiger partial charge in [-0.3, -0.25) is 4.79 Å². The zero-order chi connectivity index (χ0) is 29.4. The van der Waals surface area contributed by atoms with E-state index in [1.807, 2.05) is 30.3 Å². The molecule has 4 rings (SSSR count). The molecule has 3 aromatic rings. The molecule has 0 unspecified atom stereocenters. The summed E-state index contributed by atoms with van der Waals surface area (Å²) in [5.74, 6) is 1.04. The molecule has 226 valence electrons. The molecule has 0 radical (unpaired) electrons. The van der Waals surface area contributed by atoms with Gasteiger partial charge >= 0.3 is 0 Å². The van der Waals surface area contributed by atoms with Gasteiger partial charge in [-0.1, -0.05) is 26.2 Å². The first-order chi connectivity index (χ1) is 20.6. The van der Waals surface area contributed by atoms with Crippen LogP contribution in [0.3, 0.4) is 0 Å². The van der Waals surface area contributed by atoms with Gasteiger partial charge in [-0.15, -0.1) is 0 Å². The number of carbonyl (C=O) groups excluding carboxylic acids is 1. The van der Waals surface area contributed by atoms with Crippen molar-refractivity contribution in [1.29, 1.82) is 0 Å². The van der Waals surface area contributed by atoms with E-state index in [2.05, 4.69) is 54.0 Å². The zero-order valence-corrected chi connectivity index (χ0v) is 24.2. The summed E-state index contributed by atoms with van der Waals surface area (Å²) in [6.45, 7) is 6.52. The minimum absolute atomic E-state index is 0.0795. The third kappa shape index (κ3) is 10.1. The first kappa shape index (κ1) is 30.9. The number of benzene rings is 2. The predicted molar refractivity (Wildman–Crippen MR) is 165 cm³/mol. The summed E-state index contributed by atoms with van der Waals surface area (Å²) in [4.78, 5) is 26.1. The van der Waals surface area contributed by atoms with E-state index in [1.54, 1.807) is 12.1 Å². The number of carbonyl (C=O) groups is 1. The van der Waals surface area contributed by atoms with Crippen molar-refractivity contribution in [2.24, 2.45) is 5.73 Å². The van der Waals surface area contributed by atoms with Gasteiger partial charge in [0.05, 0.1) is 32.1 Å². The molecule has 0 bridgehead atoms. The maximum atomic E-state index is 12.5. The van der Waals surface area contributed by atoms with Gasteiger partial charge in [-0.25, -0.2) is 5.43 Å². The second kappa shape index (κ2) is 17.0. The molecular weight excluding hydrogens is 536 g/mol. The lowest BCUT2D eigenvalue weighted by Gasteiger charge is -2.12. The number of fused-ring (bicyclic) bond motifs is 1. The molecule has 8 N–H and O–H groups in total. The van der Waals surface area contributed by atoms with Gasteiger partial charge < -0.3 is 41.9 Å². The normalized spacial score (nSPS) is 12.0. The number of unbranched alkanes of at least 4 members (excludes halogenated alkanes) is 3. The number of nitrogens with one attached hydrogen (secondary N) is 6. The fourth-order valence-electron chi connectivity index (χ4n) is 4.20. The van der Waals surface area contributed by atoms with Crippen LogP contribution in [0.1, 0.15) is 48.5 Å². The van der Waals surface area contributed by atoms with Gasteiger partial charge in [-0.2, -0.15) is 15.0 Å². The monoisotopic (exact) mass is 578 g/mol. The molecule has 42 heavy (non-hydrogen) atoms. The fraction of sp³-hybridized carbons (Fsp3) is 0.448. The maximum absolute atomic E-state index is 12.5. The standard InChI is InChI=1S/C29H42N10O3/c1-2-3-4-5-13-31-26(40)21-6-8-23(9-7-21)34-28-36-27(32-14-16-42-18-17-41-15-12-30)37-29(38-28)35-24-10-11-25-22(19-24)20-33-39-25/h6-11,19,33,39H,2-5,12-18,20,30H2,1H3,(H,31,40)(H3,32,34,35,36,37,38). The molecule has 0 saturated carbocycles. The highest BCUT2D eigenvalue weighted by molar-refractivity contribution is 5.94. The summed E-state index contributed by atoms with van der Waals surface area (Å²) in [6.07, 6.45) is 4.46. The molecule has 1 aromatic heterocycles. The van der Waals surface area contributed by atoms with E-state index in [1.165, 1.54) is 12.8 Å². The number of anilines is 6. The Bertz CT molecular complexity index is 1260. The molecule has 0 saturated heterocycles. The Labute approximate surface area is 246 Å². The molecule has 1 aliphatic rings. The highest BCUT2D eigenvalue weighted by Crippen LogP contribution is 2.25. The van der Waals surface area contributed by atoms with Crippen LogP contribution in [0.2, 0.25) is 0 Å². The van der Waals surface area contributed by atoms with Gasteiger partial charge in [0.1, 0.15) is 0 Å². The molecular formula is C29H42N10O3. The minimum atomic E-state index is -0.0795. The molecule has 1 aliphatic heterocycles. The number of rotatable bonds is 19. The van der Waals surface area contributed by atoms with Gasteiger partial charge in [-0.05, 0) is 54.4 Å². The van der Waals surface area contributed by atoms with E-state index in [0.717, 1.165) is 42.0 Å². The quantitative estimate of drug-likeness (QED) is 0.103. The largest absolute Gasteiger partial charge is 0.378 e. The topological polar surface area (TPSA) is 172 Å². The van der Waals surface area contributed by atoms with E-state index >= 15 is 0 Å². The number of nitrogens with two attached hydrogens (primary N) is 1. The van der Waals surface area contributed by atoms with Gasteiger partial charge in [0, 0.05) is 43.1 Å². The molecule has 0 aliphatic carbocycles. The summed E-state index contributed by atoms with van der Waals surface area (Å²) >= 11 is 0. The van der Waals surface area contributed by atoms with Crippen molar-refractivity contribution in [3.8, 4) is 0 Å². The van der Waals surface area contributed by atoms with Gasteiger partial charge in [0.2, 0.25) is 17.8 Å². The number of hydrogen-bond donors (Lipinski definition) is 7. The number of aromatic nitrogens is 3. The lowest BCUT2D eigenvalue weighted by atomic mass is 10.2. The zero-order valence-electron chi connectivity index (χ0n) is 24.2. The number of hydrogen-bond acceptors (Lipinski definition) is 12. The second-order valence-corrected chi connectivity index (χ2v) is 9.74. The number of ether oxygens (including phenoxy) is 2. The van der Waals surface area contributed by atoms with Crippen molar-refractivity contribution in [2.45, 2.75) is 39.2 Å². The first-order valence-corrected chi connectivity index (χ1v) is 14.5. The van der Waals surface area contributed by atoms with E-state index in [9.17, 15) is 4.79 Å². The summed E-state index contributed by atoms with van der Waals surface area (Å²) in [5.41, 5.74) is 16.0. The number of amides is 1.